The molecule has 1 aliphatic heterocycles. The standard InChI is InChI=1S/C10H9ClN4.C7H11NO2/c11-7-3-1-2-6(4-7)10-14-5-8(12)9(13)15-10;1-2-7(9)8-3-5-10-6-4-8/h1-5H,12H2,(H2,13,14,15);2H,1,3-6H2. The maximum atomic E-state index is 10.9. The summed E-state index contributed by atoms with van der Waals surface area (Å²) in [7, 11) is 0. The average molecular weight is 362 g/mol. The number of hydrogen-bond acceptors (Lipinski definition) is 6. The second kappa shape index (κ2) is 9.00. The topological polar surface area (TPSA) is 107 Å². The van der Waals surface area contributed by atoms with Gasteiger partial charge in [0, 0.05) is 23.7 Å². The van der Waals surface area contributed by atoms with E-state index in [0.29, 0.717) is 42.8 Å². The molecule has 0 unspecified atom stereocenters. The number of halogens is 1. The molecule has 4 N–H and O–H groups in total. The predicted molar refractivity (Wildman–Crippen MR) is 98.9 cm³/mol. The number of nitrogen functional groups attached to an aromatic ring is 2. The maximum Gasteiger partial charge on any atom is 0.246 e. The zero-order chi connectivity index (χ0) is 18.2. The molecule has 25 heavy (non-hydrogen) atoms. The molecule has 0 radical (unpaired) electrons. The number of hydrogen-bond donors (Lipinski definition) is 2. The Balaban J connectivity index is 0.000000196. The van der Waals surface area contributed by atoms with Gasteiger partial charge in [0.15, 0.2) is 11.6 Å². The van der Waals surface area contributed by atoms with Gasteiger partial charge in [0.1, 0.15) is 0 Å². The fraction of sp³-hybridized carbons (Fsp3) is 0.235. The van der Waals surface area contributed by atoms with Gasteiger partial charge in [0.05, 0.1) is 25.1 Å². The summed E-state index contributed by atoms with van der Waals surface area (Å²) in [6, 6.07) is 7.24. The number of carbonyl (C=O) groups excluding carboxylic acids is 1. The Morgan fingerprint density at radius 3 is 2.64 bits per heavy atom. The number of rotatable bonds is 2. The van der Waals surface area contributed by atoms with Gasteiger partial charge in [-0.1, -0.05) is 30.3 Å². The summed E-state index contributed by atoms with van der Waals surface area (Å²) in [5.41, 5.74) is 12.3. The molecule has 1 amide bonds. The van der Waals surface area contributed by atoms with Crippen molar-refractivity contribution >= 4 is 29.0 Å². The van der Waals surface area contributed by atoms with Crippen LogP contribution >= 0.6 is 11.6 Å². The van der Waals surface area contributed by atoms with Crippen LogP contribution in [0.25, 0.3) is 11.4 Å². The van der Waals surface area contributed by atoms with Crippen molar-refractivity contribution in [1.29, 1.82) is 0 Å². The molecule has 8 heteroatoms. The zero-order valence-corrected chi connectivity index (χ0v) is 14.4. The van der Waals surface area contributed by atoms with E-state index in [1.807, 2.05) is 12.1 Å². The van der Waals surface area contributed by atoms with E-state index in [0.717, 1.165) is 5.56 Å². The van der Waals surface area contributed by atoms with Crippen LogP contribution < -0.4 is 11.5 Å². The lowest BCUT2D eigenvalue weighted by molar-refractivity contribution is -0.129. The first-order chi connectivity index (χ1) is 12.0. The van der Waals surface area contributed by atoms with Crippen molar-refractivity contribution in [3.05, 3.63) is 48.1 Å². The Labute approximate surface area is 151 Å². The van der Waals surface area contributed by atoms with E-state index < -0.39 is 0 Å². The molecule has 1 aromatic carbocycles. The molecule has 0 atom stereocenters. The molecule has 1 saturated heterocycles. The molecule has 1 aromatic heterocycles. The molecular weight excluding hydrogens is 342 g/mol. The number of aromatic nitrogens is 2. The summed E-state index contributed by atoms with van der Waals surface area (Å²) in [4.78, 5) is 20.8. The highest BCUT2D eigenvalue weighted by atomic mass is 35.5. The summed E-state index contributed by atoms with van der Waals surface area (Å²) in [6.07, 6.45) is 2.82. The minimum atomic E-state index is 0.00306. The minimum Gasteiger partial charge on any atom is -0.394 e. The van der Waals surface area contributed by atoms with Gasteiger partial charge in [-0.25, -0.2) is 9.97 Å². The van der Waals surface area contributed by atoms with E-state index in [-0.39, 0.29) is 11.7 Å². The van der Waals surface area contributed by atoms with Crippen LogP contribution in [0.4, 0.5) is 11.5 Å². The zero-order valence-electron chi connectivity index (χ0n) is 13.7. The Hall–Kier alpha value is -2.64. The minimum absolute atomic E-state index is 0.00306. The molecule has 3 rings (SSSR count). The Kier molecular flexibility index (Phi) is 6.73. The van der Waals surface area contributed by atoms with E-state index in [1.54, 1.807) is 17.0 Å². The molecule has 0 spiro atoms. The van der Waals surface area contributed by atoms with Gasteiger partial charge < -0.3 is 21.1 Å². The van der Waals surface area contributed by atoms with Gasteiger partial charge in [-0.15, -0.1) is 0 Å². The van der Waals surface area contributed by atoms with Gasteiger partial charge >= 0.3 is 0 Å². The predicted octanol–water partition coefficient (Wildman–Crippen LogP) is 1.99. The van der Waals surface area contributed by atoms with Crippen LogP contribution in [0.3, 0.4) is 0 Å². The SMILES string of the molecule is C=CC(=O)N1CCOCC1.Nc1cnc(-c2cccc(Cl)c2)nc1N. The number of ether oxygens (including phenoxy) is 1. The van der Waals surface area contributed by atoms with Crippen molar-refractivity contribution in [2.24, 2.45) is 0 Å². The number of anilines is 2. The number of morpholine rings is 1. The van der Waals surface area contributed by atoms with Gasteiger partial charge in [0.25, 0.3) is 0 Å². The Bertz CT molecular complexity index is 748. The molecule has 1 fully saturated rings. The van der Waals surface area contributed by atoms with Crippen LogP contribution in [-0.2, 0) is 9.53 Å². The highest BCUT2D eigenvalue weighted by molar-refractivity contribution is 6.30. The van der Waals surface area contributed by atoms with Crippen molar-refractivity contribution in [3.63, 3.8) is 0 Å². The number of carbonyl (C=O) groups is 1. The first kappa shape index (κ1) is 18.7. The van der Waals surface area contributed by atoms with Crippen LogP contribution in [0.2, 0.25) is 5.02 Å². The van der Waals surface area contributed by atoms with Crippen molar-refractivity contribution in [3.8, 4) is 11.4 Å². The number of nitrogens with zero attached hydrogens (tertiary/aromatic N) is 3. The second-order valence-corrected chi connectivity index (χ2v) is 5.62. The van der Waals surface area contributed by atoms with E-state index in [1.165, 1.54) is 12.3 Å². The van der Waals surface area contributed by atoms with Crippen LogP contribution in [0.1, 0.15) is 0 Å². The maximum absolute atomic E-state index is 10.9. The van der Waals surface area contributed by atoms with Crippen molar-refractivity contribution in [2.75, 3.05) is 37.8 Å². The number of nitrogens with two attached hydrogens (primary N) is 2. The van der Waals surface area contributed by atoms with Crippen LogP contribution in [0, 0.1) is 0 Å². The summed E-state index contributed by atoms with van der Waals surface area (Å²) in [5, 5.41) is 0.631. The van der Waals surface area contributed by atoms with Gasteiger partial charge in [0.2, 0.25) is 5.91 Å². The molecule has 0 bridgehead atoms. The lowest BCUT2D eigenvalue weighted by atomic mass is 10.2. The summed E-state index contributed by atoms with van der Waals surface area (Å²) in [6.45, 7) is 6.11. The number of amides is 1. The monoisotopic (exact) mass is 361 g/mol. The summed E-state index contributed by atoms with van der Waals surface area (Å²) < 4.78 is 5.07. The van der Waals surface area contributed by atoms with Gasteiger partial charge in [-0.05, 0) is 18.2 Å². The van der Waals surface area contributed by atoms with Crippen LogP contribution in [0.15, 0.2) is 43.1 Å². The van der Waals surface area contributed by atoms with Crippen molar-refractivity contribution < 1.29 is 9.53 Å². The van der Waals surface area contributed by atoms with Crippen LogP contribution in [0.5, 0.6) is 0 Å². The van der Waals surface area contributed by atoms with E-state index in [2.05, 4.69) is 16.5 Å². The van der Waals surface area contributed by atoms with Gasteiger partial charge in [-0.2, -0.15) is 0 Å². The largest absolute Gasteiger partial charge is 0.394 e. The third-order valence-electron chi connectivity index (χ3n) is 3.43. The summed E-state index contributed by atoms with van der Waals surface area (Å²) in [5.74, 6) is 0.799. The lowest BCUT2D eigenvalue weighted by Gasteiger charge is -2.25. The van der Waals surface area contributed by atoms with E-state index >= 15 is 0 Å². The van der Waals surface area contributed by atoms with E-state index in [4.69, 9.17) is 27.8 Å². The number of benzene rings is 1. The Morgan fingerprint density at radius 2 is 2.04 bits per heavy atom. The highest BCUT2D eigenvalue weighted by Gasteiger charge is 2.12. The summed E-state index contributed by atoms with van der Waals surface area (Å²) >= 11 is 5.85. The molecular formula is C17H20ClN5O2. The molecule has 0 saturated carbocycles. The molecule has 2 heterocycles. The highest BCUT2D eigenvalue weighted by Crippen LogP contribution is 2.21. The molecule has 0 aliphatic carbocycles. The molecule has 1 aliphatic rings. The molecule has 7 nitrogen and oxygen atoms in total. The Morgan fingerprint density at radius 1 is 1.32 bits per heavy atom. The third kappa shape index (κ3) is 5.44. The lowest BCUT2D eigenvalue weighted by Crippen LogP contribution is -2.39. The molecule has 2 aromatic rings. The second-order valence-electron chi connectivity index (χ2n) is 5.19. The van der Waals surface area contributed by atoms with Crippen molar-refractivity contribution in [2.45, 2.75) is 0 Å². The smallest absolute Gasteiger partial charge is 0.246 e. The quantitative estimate of drug-likeness (QED) is 0.792. The van der Waals surface area contributed by atoms with E-state index in [9.17, 15) is 4.79 Å². The normalized spacial score (nSPS) is 13.6. The first-order valence-electron chi connectivity index (χ1n) is 7.64. The van der Waals surface area contributed by atoms with Crippen molar-refractivity contribution in [1.82, 2.24) is 14.9 Å². The average Bonchev–Trinajstić information content (AvgIpc) is 2.64. The molecule has 132 valence electrons. The fourth-order valence-electron chi connectivity index (χ4n) is 2.08. The van der Waals surface area contributed by atoms with Crippen LogP contribution in [-0.4, -0.2) is 47.1 Å². The fourth-order valence-corrected chi connectivity index (χ4v) is 2.27. The third-order valence-corrected chi connectivity index (χ3v) is 3.66. The van der Waals surface area contributed by atoms with Gasteiger partial charge in [-0.3, -0.25) is 4.79 Å². The first-order valence-corrected chi connectivity index (χ1v) is 8.02.